The average molecular weight is 534 g/mol. The standard InChI is InChI=1S/C41H27N/c1-26-17-22-33-31-10-2-3-11-32(31)38-24-28-9-8-14-30(36(28)25-39(38)37(33)23-26)27-18-20-29(21-19-27)42-40-15-6-4-12-34(40)35-13-5-7-16-41(35)42/h2-25H,1H3. The molecular formula is C41H27N. The third-order valence-corrected chi connectivity index (χ3v) is 9.01. The third kappa shape index (κ3) is 3.31. The van der Waals surface area contributed by atoms with E-state index >= 15 is 0 Å². The van der Waals surface area contributed by atoms with Gasteiger partial charge in [0.1, 0.15) is 0 Å². The second kappa shape index (κ2) is 8.80. The first-order valence-electron chi connectivity index (χ1n) is 14.6. The lowest BCUT2D eigenvalue weighted by Crippen LogP contribution is -1.93. The van der Waals surface area contributed by atoms with Crippen LogP contribution in [0.15, 0.2) is 146 Å². The molecule has 0 aliphatic heterocycles. The Labute approximate surface area is 243 Å². The van der Waals surface area contributed by atoms with E-state index in [-0.39, 0.29) is 0 Å². The molecule has 1 nitrogen and oxygen atoms in total. The van der Waals surface area contributed by atoms with Gasteiger partial charge in [0.15, 0.2) is 0 Å². The van der Waals surface area contributed by atoms with E-state index < -0.39 is 0 Å². The summed E-state index contributed by atoms with van der Waals surface area (Å²) in [4.78, 5) is 0. The summed E-state index contributed by atoms with van der Waals surface area (Å²) in [5.41, 5.74) is 7.42. The maximum absolute atomic E-state index is 2.43. The lowest BCUT2D eigenvalue weighted by molar-refractivity contribution is 1.18. The highest BCUT2D eigenvalue weighted by Crippen LogP contribution is 2.40. The molecule has 0 atom stereocenters. The van der Waals surface area contributed by atoms with Crippen molar-refractivity contribution in [2.45, 2.75) is 6.92 Å². The lowest BCUT2D eigenvalue weighted by Gasteiger charge is -2.14. The van der Waals surface area contributed by atoms with Gasteiger partial charge in [-0.3, -0.25) is 0 Å². The van der Waals surface area contributed by atoms with Crippen molar-refractivity contribution in [1.82, 2.24) is 4.57 Å². The first kappa shape index (κ1) is 23.3. The van der Waals surface area contributed by atoms with Crippen LogP contribution in [-0.4, -0.2) is 4.57 Å². The zero-order valence-electron chi connectivity index (χ0n) is 23.3. The van der Waals surface area contributed by atoms with E-state index in [1.807, 2.05) is 0 Å². The second-order valence-corrected chi connectivity index (χ2v) is 11.4. The van der Waals surface area contributed by atoms with Gasteiger partial charge in [0.05, 0.1) is 11.0 Å². The predicted molar refractivity (Wildman–Crippen MR) is 181 cm³/mol. The predicted octanol–water partition coefficient (Wildman–Crippen LogP) is 11.4. The van der Waals surface area contributed by atoms with E-state index in [9.17, 15) is 0 Å². The van der Waals surface area contributed by atoms with Crippen LogP contribution in [0.1, 0.15) is 5.56 Å². The number of aromatic nitrogens is 1. The van der Waals surface area contributed by atoms with Crippen LogP contribution in [0.4, 0.5) is 0 Å². The molecule has 9 rings (SSSR count). The number of hydrogen-bond donors (Lipinski definition) is 0. The molecule has 196 valence electrons. The van der Waals surface area contributed by atoms with Crippen molar-refractivity contribution in [2.24, 2.45) is 0 Å². The molecule has 0 bridgehead atoms. The Morgan fingerprint density at radius 1 is 0.381 bits per heavy atom. The van der Waals surface area contributed by atoms with Gasteiger partial charge in [-0.1, -0.05) is 115 Å². The highest BCUT2D eigenvalue weighted by molar-refractivity contribution is 6.28. The number of nitrogens with zero attached hydrogens (tertiary/aromatic N) is 1. The zero-order valence-corrected chi connectivity index (χ0v) is 23.3. The fraction of sp³-hybridized carbons (Fsp3) is 0.0244. The SMILES string of the molecule is Cc1ccc2c3ccccc3c3cc4cccc(-c5ccc(-n6c7ccccc7c7ccccc76)cc5)c4cc3c2c1. The van der Waals surface area contributed by atoms with Crippen LogP contribution in [0.3, 0.4) is 0 Å². The second-order valence-electron chi connectivity index (χ2n) is 11.4. The summed E-state index contributed by atoms with van der Waals surface area (Å²) in [5.74, 6) is 0. The number of fused-ring (bicyclic) bond motifs is 10. The Morgan fingerprint density at radius 3 is 1.67 bits per heavy atom. The van der Waals surface area contributed by atoms with E-state index in [4.69, 9.17) is 0 Å². The normalized spacial score (nSPS) is 11.9. The molecule has 0 radical (unpaired) electrons. The highest BCUT2D eigenvalue weighted by Gasteiger charge is 2.14. The zero-order chi connectivity index (χ0) is 27.8. The van der Waals surface area contributed by atoms with Crippen molar-refractivity contribution in [3.8, 4) is 16.8 Å². The largest absolute Gasteiger partial charge is 0.309 e. The van der Waals surface area contributed by atoms with E-state index in [1.165, 1.54) is 87.3 Å². The van der Waals surface area contributed by atoms with Gasteiger partial charge in [-0.15, -0.1) is 0 Å². The van der Waals surface area contributed by atoms with Crippen molar-refractivity contribution in [3.05, 3.63) is 151 Å². The number of para-hydroxylation sites is 2. The molecule has 1 heteroatoms. The van der Waals surface area contributed by atoms with E-state index in [1.54, 1.807) is 0 Å². The molecule has 1 aromatic heterocycles. The van der Waals surface area contributed by atoms with Gasteiger partial charge in [0, 0.05) is 16.5 Å². The van der Waals surface area contributed by atoms with Crippen molar-refractivity contribution < 1.29 is 0 Å². The Kier molecular flexibility index (Phi) is 4.88. The fourth-order valence-electron chi connectivity index (χ4n) is 7.08. The maximum atomic E-state index is 2.43. The summed E-state index contributed by atoms with van der Waals surface area (Å²) < 4.78 is 2.38. The summed E-state index contributed by atoms with van der Waals surface area (Å²) in [5, 5.41) is 13.0. The minimum atomic E-state index is 1.18. The van der Waals surface area contributed by atoms with E-state index in [2.05, 4.69) is 157 Å². The van der Waals surface area contributed by atoms with Crippen LogP contribution in [0.2, 0.25) is 0 Å². The minimum absolute atomic E-state index is 1.18. The Bertz CT molecular complexity index is 2460. The molecule has 1 heterocycles. The highest BCUT2D eigenvalue weighted by atomic mass is 15.0. The Hall–Kier alpha value is -5.40. The quantitative estimate of drug-likeness (QED) is 0.154. The number of benzene rings is 8. The summed E-state index contributed by atoms with van der Waals surface area (Å²) in [6.45, 7) is 2.19. The lowest BCUT2D eigenvalue weighted by atomic mass is 9.89. The van der Waals surface area contributed by atoms with Crippen LogP contribution in [0, 0.1) is 6.92 Å². The number of hydrogen-bond acceptors (Lipinski definition) is 0. The molecule has 0 fully saturated rings. The first-order chi connectivity index (χ1) is 20.7. The number of aryl methyl sites for hydroxylation is 1. The molecule has 0 unspecified atom stereocenters. The molecule has 0 saturated carbocycles. The summed E-state index contributed by atoms with van der Waals surface area (Å²) in [6.07, 6.45) is 0. The van der Waals surface area contributed by atoms with E-state index in [0.29, 0.717) is 0 Å². The third-order valence-electron chi connectivity index (χ3n) is 9.01. The van der Waals surface area contributed by atoms with Crippen LogP contribution in [-0.2, 0) is 0 Å². The molecule has 0 N–H and O–H groups in total. The molecule has 0 aliphatic carbocycles. The molecule has 0 spiro atoms. The topological polar surface area (TPSA) is 4.93 Å². The monoisotopic (exact) mass is 533 g/mol. The number of rotatable bonds is 2. The van der Waals surface area contributed by atoms with Crippen LogP contribution >= 0.6 is 0 Å². The maximum Gasteiger partial charge on any atom is 0.0541 e. The van der Waals surface area contributed by atoms with Crippen molar-refractivity contribution >= 4 is 64.9 Å². The Balaban J connectivity index is 1.27. The smallest absolute Gasteiger partial charge is 0.0541 e. The Morgan fingerprint density at radius 2 is 0.952 bits per heavy atom. The fourth-order valence-corrected chi connectivity index (χ4v) is 7.08. The van der Waals surface area contributed by atoms with Crippen LogP contribution in [0.25, 0.3) is 81.7 Å². The van der Waals surface area contributed by atoms with Gasteiger partial charge in [-0.25, -0.2) is 0 Å². The first-order valence-corrected chi connectivity index (χ1v) is 14.6. The minimum Gasteiger partial charge on any atom is -0.309 e. The molecule has 8 aromatic carbocycles. The van der Waals surface area contributed by atoms with Gasteiger partial charge in [-0.05, 0) is 97.5 Å². The molecule has 0 saturated heterocycles. The molecule has 0 aliphatic rings. The van der Waals surface area contributed by atoms with Gasteiger partial charge >= 0.3 is 0 Å². The van der Waals surface area contributed by atoms with Crippen molar-refractivity contribution in [1.29, 1.82) is 0 Å². The van der Waals surface area contributed by atoms with Gasteiger partial charge in [0.2, 0.25) is 0 Å². The summed E-state index contributed by atoms with van der Waals surface area (Å²) in [6, 6.07) is 53.7. The average Bonchev–Trinajstić information content (AvgIpc) is 3.38. The molecule has 9 aromatic rings. The van der Waals surface area contributed by atoms with Crippen molar-refractivity contribution in [3.63, 3.8) is 0 Å². The van der Waals surface area contributed by atoms with Gasteiger partial charge < -0.3 is 4.57 Å². The summed E-state index contributed by atoms with van der Waals surface area (Å²) in [7, 11) is 0. The molecular weight excluding hydrogens is 506 g/mol. The summed E-state index contributed by atoms with van der Waals surface area (Å²) >= 11 is 0. The van der Waals surface area contributed by atoms with Gasteiger partial charge in [0.25, 0.3) is 0 Å². The van der Waals surface area contributed by atoms with Crippen LogP contribution < -0.4 is 0 Å². The van der Waals surface area contributed by atoms with Crippen molar-refractivity contribution in [2.75, 3.05) is 0 Å². The van der Waals surface area contributed by atoms with Gasteiger partial charge in [-0.2, -0.15) is 0 Å². The van der Waals surface area contributed by atoms with E-state index in [0.717, 1.165) is 0 Å². The molecule has 0 amide bonds. The molecule has 42 heavy (non-hydrogen) atoms. The van der Waals surface area contributed by atoms with Crippen LogP contribution in [0.5, 0.6) is 0 Å².